The summed E-state index contributed by atoms with van der Waals surface area (Å²) in [5.74, 6) is 0.845. The second-order valence-corrected chi connectivity index (χ2v) is 5.79. The summed E-state index contributed by atoms with van der Waals surface area (Å²) >= 11 is 0. The van der Waals surface area contributed by atoms with Crippen molar-refractivity contribution >= 4 is 17.5 Å². The third-order valence-corrected chi connectivity index (χ3v) is 3.77. The van der Waals surface area contributed by atoms with E-state index >= 15 is 0 Å². The molecule has 3 aromatic rings. The van der Waals surface area contributed by atoms with Gasteiger partial charge in [0.15, 0.2) is 0 Å². The Labute approximate surface area is 152 Å². The number of aromatic nitrogens is 2. The Balaban J connectivity index is 1.64. The summed E-state index contributed by atoms with van der Waals surface area (Å²) in [6.07, 6.45) is 1.56. The normalized spacial score (nSPS) is 10.2. The number of benzene rings is 2. The number of hydrogen-bond acceptors (Lipinski definition) is 5. The zero-order chi connectivity index (χ0) is 18.4. The number of anilines is 2. The van der Waals surface area contributed by atoms with Gasteiger partial charge in [-0.2, -0.15) is 0 Å². The Kier molecular flexibility index (Phi) is 5.43. The molecule has 0 fully saturated rings. The fourth-order valence-electron chi connectivity index (χ4n) is 2.44. The number of ether oxygens (including phenoxy) is 1. The number of nitrogens with one attached hydrogen (secondary N) is 2. The summed E-state index contributed by atoms with van der Waals surface area (Å²) in [7, 11) is 1.60. The van der Waals surface area contributed by atoms with Gasteiger partial charge in [-0.3, -0.25) is 4.79 Å². The summed E-state index contributed by atoms with van der Waals surface area (Å²) in [5, 5.41) is 5.95. The highest BCUT2D eigenvalue weighted by molar-refractivity contribution is 6.02. The number of carbonyl (C=O) groups is 1. The van der Waals surface area contributed by atoms with Crippen LogP contribution >= 0.6 is 0 Å². The summed E-state index contributed by atoms with van der Waals surface area (Å²) in [6, 6.07) is 16.9. The topological polar surface area (TPSA) is 76.1 Å². The minimum atomic E-state index is -0.295. The van der Waals surface area contributed by atoms with Crippen LogP contribution in [0.25, 0.3) is 0 Å². The number of aryl methyl sites for hydroxylation is 1. The van der Waals surface area contributed by atoms with Crippen LogP contribution in [-0.2, 0) is 6.54 Å². The lowest BCUT2D eigenvalue weighted by atomic mass is 10.1. The molecule has 0 radical (unpaired) electrons. The Hall–Kier alpha value is -3.41. The number of rotatable bonds is 6. The molecule has 0 aliphatic carbocycles. The maximum Gasteiger partial charge on any atom is 0.274 e. The van der Waals surface area contributed by atoms with Gasteiger partial charge in [0.05, 0.1) is 7.11 Å². The number of hydrogen-bond donors (Lipinski definition) is 2. The number of nitrogens with zero attached hydrogens (tertiary/aromatic N) is 2. The third-order valence-electron chi connectivity index (χ3n) is 3.77. The highest BCUT2D eigenvalue weighted by Crippen LogP contribution is 2.16. The second-order valence-electron chi connectivity index (χ2n) is 5.79. The first kappa shape index (κ1) is 17.4. The van der Waals surface area contributed by atoms with Crippen LogP contribution in [-0.4, -0.2) is 23.0 Å². The predicted octanol–water partition coefficient (Wildman–Crippen LogP) is 3.66. The van der Waals surface area contributed by atoms with Gasteiger partial charge in [-0.1, -0.05) is 29.8 Å². The molecule has 0 spiro atoms. The van der Waals surface area contributed by atoms with E-state index in [9.17, 15) is 4.79 Å². The van der Waals surface area contributed by atoms with E-state index in [0.29, 0.717) is 23.9 Å². The molecule has 1 amide bonds. The maximum atomic E-state index is 12.4. The van der Waals surface area contributed by atoms with Crippen LogP contribution in [0.3, 0.4) is 0 Å². The Bertz CT molecular complexity index is 894. The first-order chi connectivity index (χ1) is 12.6. The lowest BCUT2D eigenvalue weighted by Gasteiger charge is -2.08. The van der Waals surface area contributed by atoms with Gasteiger partial charge in [-0.15, -0.1) is 0 Å². The zero-order valence-corrected chi connectivity index (χ0v) is 14.7. The predicted molar refractivity (Wildman–Crippen MR) is 101 cm³/mol. The number of amides is 1. The highest BCUT2D eigenvalue weighted by atomic mass is 16.5. The molecule has 26 heavy (non-hydrogen) atoms. The van der Waals surface area contributed by atoms with E-state index in [4.69, 9.17) is 4.74 Å². The van der Waals surface area contributed by atoms with Crippen LogP contribution in [0.4, 0.5) is 11.6 Å². The Morgan fingerprint density at radius 1 is 1.12 bits per heavy atom. The van der Waals surface area contributed by atoms with E-state index in [1.165, 1.54) is 5.56 Å². The van der Waals surface area contributed by atoms with E-state index < -0.39 is 0 Å². The molecule has 0 atom stereocenters. The molecule has 0 saturated heterocycles. The van der Waals surface area contributed by atoms with Crippen LogP contribution < -0.4 is 15.4 Å². The molecule has 1 aromatic heterocycles. The van der Waals surface area contributed by atoms with Gasteiger partial charge >= 0.3 is 0 Å². The maximum absolute atomic E-state index is 12.4. The van der Waals surface area contributed by atoms with E-state index in [1.807, 2.05) is 25.1 Å². The van der Waals surface area contributed by atoms with Crippen molar-refractivity contribution in [2.75, 3.05) is 17.7 Å². The molecule has 0 aliphatic rings. The smallest absolute Gasteiger partial charge is 0.274 e. The minimum absolute atomic E-state index is 0.294. The molecule has 6 heteroatoms. The average molecular weight is 348 g/mol. The van der Waals surface area contributed by atoms with Gasteiger partial charge in [0, 0.05) is 18.4 Å². The molecule has 1 heterocycles. The molecular weight excluding hydrogens is 328 g/mol. The fourth-order valence-corrected chi connectivity index (χ4v) is 2.44. The van der Waals surface area contributed by atoms with E-state index in [1.54, 1.807) is 43.6 Å². The van der Waals surface area contributed by atoms with Crippen molar-refractivity contribution < 1.29 is 9.53 Å². The Morgan fingerprint density at radius 2 is 1.92 bits per heavy atom. The molecule has 3 rings (SSSR count). The van der Waals surface area contributed by atoms with Crippen LogP contribution in [0.15, 0.2) is 60.8 Å². The summed E-state index contributed by atoms with van der Waals surface area (Å²) < 4.78 is 5.10. The molecule has 6 nitrogen and oxygen atoms in total. The van der Waals surface area contributed by atoms with Crippen LogP contribution in [0.5, 0.6) is 5.75 Å². The lowest BCUT2D eigenvalue weighted by Crippen LogP contribution is -2.15. The van der Waals surface area contributed by atoms with E-state index in [0.717, 1.165) is 11.3 Å². The van der Waals surface area contributed by atoms with Gasteiger partial charge in [0.1, 0.15) is 11.4 Å². The quantitative estimate of drug-likeness (QED) is 0.711. The largest absolute Gasteiger partial charge is 0.497 e. The molecule has 2 aromatic carbocycles. The standard InChI is InChI=1S/C20H20N4O2/c1-14-4-3-5-15(12-14)13-22-20-21-11-10-18(24-20)19(25)23-16-6-8-17(26-2)9-7-16/h3-12H,13H2,1-2H3,(H,23,25)(H,21,22,24). The zero-order valence-electron chi connectivity index (χ0n) is 14.7. The molecular formula is C20H20N4O2. The molecule has 0 aliphatic heterocycles. The molecule has 0 unspecified atom stereocenters. The van der Waals surface area contributed by atoms with E-state index in [2.05, 4.69) is 26.7 Å². The first-order valence-electron chi connectivity index (χ1n) is 8.22. The van der Waals surface area contributed by atoms with Crippen molar-refractivity contribution in [3.8, 4) is 5.75 Å². The average Bonchev–Trinajstić information content (AvgIpc) is 2.67. The van der Waals surface area contributed by atoms with Gasteiger partial charge < -0.3 is 15.4 Å². The van der Waals surface area contributed by atoms with Gasteiger partial charge in [-0.05, 0) is 42.8 Å². The fraction of sp³-hybridized carbons (Fsp3) is 0.150. The molecule has 132 valence electrons. The molecule has 2 N–H and O–H groups in total. The number of carbonyl (C=O) groups excluding carboxylic acids is 1. The van der Waals surface area contributed by atoms with Crippen molar-refractivity contribution in [3.05, 3.63) is 77.6 Å². The second kappa shape index (κ2) is 8.11. The van der Waals surface area contributed by atoms with Crippen molar-refractivity contribution in [1.29, 1.82) is 0 Å². The summed E-state index contributed by atoms with van der Waals surface area (Å²) in [6.45, 7) is 2.63. The molecule has 0 saturated carbocycles. The first-order valence-corrected chi connectivity index (χ1v) is 8.22. The van der Waals surface area contributed by atoms with Gasteiger partial charge in [0.2, 0.25) is 5.95 Å². The van der Waals surface area contributed by atoms with E-state index in [-0.39, 0.29) is 5.91 Å². The van der Waals surface area contributed by atoms with Crippen molar-refractivity contribution in [3.63, 3.8) is 0 Å². The summed E-state index contributed by atoms with van der Waals surface area (Å²) in [5.41, 5.74) is 3.28. The monoisotopic (exact) mass is 348 g/mol. The van der Waals surface area contributed by atoms with Gasteiger partial charge in [-0.25, -0.2) is 9.97 Å². The van der Waals surface area contributed by atoms with Crippen LogP contribution in [0.1, 0.15) is 21.6 Å². The van der Waals surface area contributed by atoms with Crippen molar-refractivity contribution in [2.45, 2.75) is 13.5 Å². The third kappa shape index (κ3) is 4.57. The minimum Gasteiger partial charge on any atom is -0.497 e. The SMILES string of the molecule is COc1ccc(NC(=O)c2ccnc(NCc3cccc(C)c3)n2)cc1. The Morgan fingerprint density at radius 3 is 2.65 bits per heavy atom. The number of methoxy groups -OCH3 is 1. The summed E-state index contributed by atoms with van der Waals surface area (Å²) in [4.78, 5) is 20.8. The van der Waals surface area contributed by atoms with Crippen molar-refractivity contribution in [2.24, 2.45) is 0 Å². The lowest BCUT2D eigenvalue weighted by molar-refractivity contribution is 0.102. The van der Waals surface area contributed by atoms with Crippen LogP contribution in [0.2, 0.25) is 0 Å². The molecule has 0 bridgehead atoms. The van der Waals surface area contributed by atoms with Crippen LogP contribution in [0, 0.1) is 6.92 Å². The highest BCUT2D eigenvalue weighted by Gasteiger charge is 2.09. The van der Waals surface area contributed by atoms with Gasteiger partial charge in [0.25, 0.3) is 5.91 Å². The van der Waals surface area contributed by atoms with Crippen molar-refractivity contribution in [1.82, 2.24) is 9.97 Å².